The van der Waals surface area contributed by atoms with E-state index in [0.29, 0.717) is 42.3 Å². The first-order valence-electron chi connectivity index (χ1n) is 10.5. The van der Waals surface area contributed by atoms with Crippen LogP contribution in [0, 0.1) is 0 Å². The highest BCUT2D eigenvalue weighted by Gasteiger charge is 2.26. The molecule has 2 N–H and O–H groups in total. The minimum Gasteiger partial charge on any atom is -0.459 e. The third-order valence-corrected chi connectivity index (χ3v) is 5.20. The number of esters is 1. The topological polar surface area (TPSA) is 101 Å². The van der Waals surface area contributed by atoms with Gasteiger partial charge in [0.05, 0.1) is 23.2 Å². The fourth-order valence-electron chi connectivity index (χ4n) is 3.70. The molecular weight excluding hydrogens is 384 g/mol. The normalized spacial score (nSPS) is 16.7. The monoisotopic (exact) mass is 412 g/mol. The number of ether oxygens (including phenoxy) is 3. The van der Waals surface area contributed by atoms with E-state index in [1.807, 2.05) is 42.7 Å². The number of hydrogen-bond donors (Lipinski definition) is 1. The summed E-state index contributed by atoms with van der Waals surface area (Å²) in [6.07, 6.45) is 2.73. The van der Waals surface area contributed by atoms with Crippen molar-refractivity contribution < 1.29 is 19.0 Å². The van der Waals surface area contributed by atoms with Crippen LogP contribution in [0.1, 0.15) is 43.5 Å². The van der Waals surface area contributed by atoms with E-state index in [0.717, 1.165) is 24.8 Å². The van der Waals surface area contributed by atoms with Gasteiger partial charge in [-0.2, -0.15) is 0 Å². The summed E-state index contributed by atoms with van der Waals surface area (Å²) in [5.41, 5.74) is 9.19. The molecule has 2 aromatic heterocycles. The summed E-state index contributed by atoms with van der Waals surface area (Å²) in [6.45, 7) is 6.09. The molecule has 1 saturated heterocycles. The van der Waals surface area contributed by atoms with Crippen molar-refractivity contribution in [3.05, 3.63) is 29.8 Å². The fraction of sp³-hybridized carbons (Fsp3) is 0.500. The number of rotatable bonds is 8. The zero-order valence-electron chi connectivity index (χ0n) is 17.5. The van der Waals surface area contributed by atoms with Crippen molar-refractivity contribution in [2.45, 2.75) is 51.9 Å². The van der Waals surface area contributed by atoms with Gasteiger partial charge in [0.25, 0.3) is 0 Å². The van der Waals surface area contributed by atoms with Gasteiger partial charge in [0.2, 0.25) is 0 Å². The Morgan fingerprint density at radius 2 is 2.07 bits per heavy atom. The van der Waals surface area contributed by atoms with Gasteiger partial charge in [0.1, 0.15) is 23.5 Å². The van der Waals surface area contributed by atoms with Crippen molar-refractivity contribution in [1.82, 2.24) is 14.5 Å². The average molecular weight is 412 g/mol. The quantitative estimate of drug-likeness (QED) is 0.447. The third kappa shape index (κ3) is 4.24. The van der Waals surface area contributed by atoms with E-state index >= 15 is 0 Å². The molecule has 4 rings (SSSR count). The zero-order chi connectivity index (χ0) is 21.1. The highest BCUT2D eigenvalue weighted by molar-refractivity contribution is 6.08. The lowest BCUT2D eigenvalue weighted by Gasteiger charge is -2.11. The van der Waals surface area contributed by atoms with Gasteiger partial charge in [0.15, 0.2) is 5.65 Å². The van der Waals surface area contributed by atoms with Gasteiger partial charge in [-0.1, -0.05) is 12.1 Å². The van der Waals surface area contributed by atoms with Gasteiger partial charge in [-0.05, 0) is 45.2 Å². The molecule has 1 atom stereocenters. The molecule has 0 amide bonds. The van der Waals surface area contributed by atoms with Crippen LogP contribution in [0.4, 0.5) is 5.82 Å². The number of carbonyl (C=O) groups is 1. The van der Waals surface area contributed by atoms with Gasteiger partial charge in [-0.15, -0.1) is 0 Å². The number of aryl methyl sites for hydroxylation is 1. The molecule has 0 bridgehead atoms. The summed E-state index contributed by atoms with van der Waals surface area (Å²) in [5, 5.41) is 0. The Kier molecular flexibility index (Phi) is 6.15. The molecule has 3 aromatic rings. The van der Waals surface area contributed by atoms with E-state index in [2.05, 4.69) is 4.98 Å². The molecule has 8 heteroatoms. The molecule has 1 fully saturated rings. The van der Waals surface area contributed by atoms with Crippen LogP contribution in [0.5, 0.6) is 0 Å². The number of hydrogen-bond acceptors (Lipinski definition) is 7. The number of carbonyl (C=O) groups excluding carboxylic acids is 1. The lowest BCUT2D eigenvalue weighted by Crippen LogP contribution is -2.18. The highest BCUT2D eigenvalue weighted by atomic mass is 16.6. The first-order valence-corrected chi connectivity index (χ1v) is 10.5. The minimum atomic E-state index is -0.491. The van der Waals surface area contributed by atoms with Crippen molar-refractivity contribution in [1.29, 1.82) is 0 Å². The SMILES string of the molecule is CC(C)OCCCn1c(N)c(C(=O)OC[C@H]2CCCO2)c2nc3ccccc3nc21. The van der Waals surface area contributed by atoms with Crippen LogP contribution in [-0.2, 0) is 20.8 Å². The Bertz CT molecular complexity index is 1040. The molecule has 8 nitrogen and oxygen atoms in total. The van der Waals surface area contributed by atoms with Crippen LogP contribution < -0.4 is 5.73 Å². The van der Waals surface area contributed by atoms with Crippen LogP contribution in [-0.4, -0.2) is 52.5 Å². The van der Waals surface area contributed by atoms with E-state index < -0.39 is 5.97 Å². The Morgan fingerprint density at radius 3 is 2.77 bits per heavy atom. The number of aromatic nitrogens is 3. The van der Waals surface area contributed by atoms with Gasteiger partial charge in [-0.3, -0.25) is 0 Å². The Hall–Kier alpha value is -2.71. The maximum absolute atomic E-state index is 12.9. The lowest BCUT2D eigenvalue weighted by molar-refractivity contribution is 0.0163. The zero-order valence-corrected chi connectivity index (χ0v) is 17.5. The fourth-order valence-corrected chi connectivity index (χ4v) is 3.70. The van der Waals surface area contributed by atoms with Gasteiger partial charge < -0.3 is 24.5 Å². The molecule has 3 heterocycles. The number of nitrogen functional groups attached to an aromatic ring is 1. The number of anilines is 1. The number of para-hydroxylation sites is 2. The molecular formula is C22H28N4O4. The maximum Gasteiger partial charge on any atom is 0.344 e. The molecule has 1 aliphatic heterocycles. The smallest absolute Gasteiger partial charge is 0.344 e. The summed E-state index contributed by atoms with van der Waals surface area (Å²) < 4.78 is 18.6. The molecule has 1 aromatic carbocycles. The molecule has 0 saturated carbocycles. The van der Waals surface area contributed by atoms with Crippen molar-refractivity contribution in [2.75, 3.05) is 25.6 Å². The second-order valence-electron chi connectivity index (χ2n) is 7.80. The Morgan fingerprint density at radius 1 is 1.30 bits per heavy atom. The maximum atomic E-state index is 12.9. The summed E-state index contributed by atoms with van der Waals surface area (Å²) >= 11 is 0. The molecule has 0 spiro atoms. The summed E-state index contributed by atoms with van der Waals surface area (Å²) in [6, 6.07) is 7.56. The third-order valence-electron chi connectivity index (χ3n) is 5.20. The summed E-state index contributed by atoms with van der Waals surface area (Å²) in [4.78, 5) is 22.4. The van der Waals surface area contributed by atoms with E-state index in [1.165, 1.54) is 0 Å². The number of nitrogens with zero attached hydrogens (tertiary/aromatic N) is 3. The van der Waals surface area contributed by atoms with Crippen LogP contribution in [0.2, 0.25) is 0 Å². The largest absolute Gasteiger partial charge is 0.459 e. The van der Waals surface area contributed by atoms with Crippen LogP contribution in [0.25, 0.3) is 22.2 Å². The van der Waals surface area contributed by atoms with Crippen molar-refractivity contribution in [3.8, 4) is 0 Å². The van der Waals surface area contributed by atoms with E-state index in [4.69, 9.17) is 24.9 Å². The van der Waals surface area contributed by atoms with Crippen molar-refractivity contribution >= 4 is 34.0 Å². The first kappa shape index (κ1) is 20.6. The minimum absolute atomic E-state index is 0.0522. The second-order valence-corrected chi connectivity index (χ2v) is 7.80. The van der Waals surface area contributed by atoms with Crippen molar-refractivity contribution in [2.24, 2.45) is 0 Å². The summed E-state index contributed by atoms with van der Waals surface area (Å²) in [7, 11) is 0. The first-order chi connectivity index (χ1) is 14.5. The lowest BCUT2D eigenvalue weighted by atomic mass is 10.2. The Balaban J connectivity index is 1.67. The van der Waals surface area contributed by atoms with E-state index in [9.17, 15) is 4.79 Å². The molecule has 1 aliphatic rings. The van der Waals surface area contributed by atoms with Crippen LogP contribution in [0.15, 0.2) is 24.3 Å². The average Bonchev–Trinajstić information content (AvgIpc) is 3.34. The number of benzene rings is 1. The molecule has 30 heavy (non-hydrogen) atoms. The predicted molar refractivity (Wildman–Crippen MR) is 114 cm³/mol. The van der Waals surface area contributed by atoms with E-state index in [1.54, 1.807) is 0 Å². The molecule has 0 unspecified atom stereocenters. The number of nitrogens with two attached hydrogens (primary N) is 1. The van der Waals surface area contributed by atoms with Crippen LogP contribution in [0.3, 0.4) is 0 Å². The molecule has 0 radical (unpaired) electrons. The predicted octanol–water partition coefficient (Wildman–Crippen LogP) is 3.32. The Labute approximate surface area is 175 Å². The van der Waals surface area contributed by atoms with Crippen LogP contribution >= 0.6 is 0 Å². The second kappa shape index (κ2) is 8.97. The molecule has 0 aliphatic carbocycles. The van der Waals surface area contributed by atoms with Crippen molar-refractivity contribution in [3.63, 3.8) is 0 Å². The number of fused-ring (bicyclic) bond motifs is 2. The highest BCUT2D eigenvalue weighted by Crippen LogP contribution is 2.29. The summed E-state index contributed by atoms with van der Waals surface area (Å²) in [5.74, 6) is -0.169. The molecule has 160 valence electrons. The standard InChI is InChI=1S/C22H28N4O4/c1-14(2)28-12-6-10-26-20(23)18(22(27)30-13-15-7-5-11-29-15)19-21(26)25-17-9-4-3-8-16(17)24-19/h3-4,8-9,14-15H,5-7,10-13,23H2,1-2H3/t15-/m1/s1. The van der Waals surface area contributed by atoms with Gasteiger partial charge in [0, 0.05) is 19.8 Å². The van der Waals surface area contributed by atoms with Gasteiger partial charge in [-0.25, -0.2) is 14.8 Å². The van der Waals surface area contributed by atoms with Gasteiger partial charge >= 0.3 is 5.97 Å². The van der Waals surface area contributed by atoms with E-state index in [-0.39, 0.29) is 24.4 Å².